The minimum Gasteiger partial charge on any atom is -0.477 e. The van der Waals surface area contributed by atoms with Gasteiger partial charge in [-0.05, 0) is 6.07 Å². The zero-order chi connectivity index (χ0) is 9.30. The van der Waals surface area contributed by atoms with Gasteiger partial charge in [-0.3, -0.25) is 0 Å². The summed E-state index contributed by atoms with van der Waals surface area (Å²) in [6.07, 6.45) is -2.72. The Kier molecular flexibility index (Phi) is 2.64. The minimum absolute atomic E-state index is 0.164. The quantitative estimate of drug-likeness (QED) is 0.818. The second-order valence-corrected chi connectivity index (χ2v) is 3.60. The van der Waals surface area contributed by atoms with Gasteiger partial charge in [0.25, 0.3) is 6.43 Å². The summed E-state index contributed by atoms with van der Waals surface area (Å²) < 4.78 is 23.9. The van der Waals surface area contributed by atoms with E-state index in [1.54, 1.807) is 0 Å². The van der Waals surface area contributed by atoms with Crippen LogP contribution in [-0.2, 0) is 0 Å². The first-order chi connectivity index (χ1) is 5.52. The molecule has 0 aliphatic heterocycles. The molecule has 1 N–H and O–H groups in total. The highest BCUT2D eigenvalue weighted by Gasteiger charge is 2.18. The van der Waals surface area contributed by atoms with Gasteiger partial charge in [-0.15, -0.1) is 11.3 Å². The number of carboxylic acids is 1. The summed E-state index contributed by atoms with van der Waals surface area (Å²) in [4.78, 5) is 10.1. The number of rotatable bonds is 2. The van der Waals surface area contributed by atoms with Crippen molar-refractivity contribution in [1.29, 1.82) is 0 Å². The molecule has 66 valence electrons. The number of carbonyl (C=O) groups is 1. The van der Waals surface area contributed by atoms with E-state index < -0.39 is 18.0 Å². The molecule has 0 radical (unpaired) electrons. The van der Waals surface area contributed by atoms with Crippen LogP contribution < -0.4 is 0 Å². The van der Waals surface area contributed by atoms with Crippen LogP contribution in [0.5, 0.6) is 0 Å². The Morgan fingerprint density at radius 3 is 2.50 bits per heavy atom. The van der Waals surface area contributed by atoms with Crippen LogP contribution in [0.25, 0.3) is 0 Å². The maximum Gasteiger partial charge on any atom is 0.345 e. The number of alkyl halides is 2. The lowest BCUT2D eigenvalue weighted by molar-refractivity contribution is 0.0702. The number of aromatic carboxylic acids is 1. The smallest absolute Gasteiger partial charge is 0.345 e. The van der Waals surface area contributed by atoms with Gasteiger partial charge in [0.2, 0.25) is 0 Å². The Labute approximate surface area is 75.4 Å². The summed E-state index contributed by atoms with van der Waals surface area (Å²) in [6.45, 7) is 0. The number of halogens is 3. The predicted molar refractivity (Wildman–Crippen MR) is 41.2 cm³/mol. The fourth-order valence-electron chi connectivity index (χ4n) is 0.637. The van der Waals surface area contributed by atoms with E-state index in [1.807, 2.05) is 0 Å². The monoisotopic (exact) mass is 212 g/mol. The molecule has 0 saturated heterocycles. The van der Waals surface area contributed by atoms with Crippen molar-refractivity contribution in [1.82, 2.24) is 0 Å². The fraction of sp³-hybridized carbons (Fsp3) is 0.167. The fourth-order valence-corrected chi connectivity index (χ4v) is 1.76. The van der Waals surface area contributed by atoms with E-state index in [-0.39, 0.29) is 9.21 Å². The molecule has 0 amide bonds. The maximum atomic E-state index is 12.0. The van der Waals surface area contributed by atoms with Crippen molar-refractivity contribution < 1.29 is 18.7 Å². The second kappa shape index (κ2) is 3.37. The Balaban J connectivity index is 3.09. The van der Waals surface area contributed by atoms with E-state index in [0.717, 1.165) is 6.07 Å². The SMILES string of the molecule is O=C(O)c1cc(C(F)F)c(Cl)s1. The van der Waals surface area contributed by atoms with Gasteiger partial charge in [0, 0.05) is 5.56 Å². The van der Waals surface area contributed by atoms with Crippen LogP contribution in [0.3, 0.4) is 0 Å². The summed E-state index contributed by atoms with van der Waals surface area (Å²) in [5.74, 6) is -1.24. The van der Waals surface area contributed by atoms with Gasteiger partial charge in [-0.2, -0.15) is 0 Å². The lowest BCUT2D eigenvalue weighted by Crippen LogP contribution is -1.90. The molecule has 0 saturated carbocycles. The third-order valence-corrected chi connectivity index (χ3v) is 2.54. The number of hydrogen-bond donors (Lipinski definition) is 1. The predicted octanol–water partition coefficient (Wildman–Crippen LogP) is 3.04. The Morgan fingerprint density at radius 2 is 2.25 bits per heavy atom. The van der Waals surface area contributed by atoms with Crippen LogP contribution in [0.2, 0.25) is 4.34 Å². The molecule has 1 rings (SSSR count). The third-order valence-electron chi connectivity index (χ3n) is 1.16. The summed E-state index contributed by atoms with van der Waals surface area (Å²) in [6, 6.07) is 0.889. The van der Waals surface area contributed by atoms with Crippen molar-refractivity contribution >= 4 is 28.9 Å². The van der Waals surface area contributed by atoms with Crippen LogP contribution in [0.4, 0.5) is 8.78 Å². The van der Waals surface area contributed by atoms with Gasteiger partial charge in [0.1, 0.15) is 9.21 Å². The van der Waals surface area contributed by atoms with Crippen LogP contribution >= 0.6 is 22.9 Å². The lowest BCUT2D eigenvalue weighted by Gasteiger charge is -1.91. The average Bonchev–Trinajstić information content (AvgIpc) is 2.30. The van der Waals surface area contributed by atoms with Crippen molar-refractivity contribution in [2.45, 2.75) is 6.43 Å². The van der Waals surface area contributed by atoms with E-state index in [4.69, 9.17) is 16.7 Å². The molecule has 0 atom stereocenters. The van der Waals surface area contributed by atoms with Crippen LogP contribution in [0, 0.1) is 0 Å². The van der Waals surface area contributed by atoms with Gasteiger partial charge in [-0.25, -0.2) is 13.6 Å². The second-order valence-electron chi connectivity index (χ2n) is 1.95. The summed E-state index contributed by atoms with van der Waals surface area (Å²) in [5.41, 5.74) is -0.418. The number of hydrogen-bond acceptors (Lipinski definition) is 2. The number of thiophene rings is 1. The lowest BCUT2D eigenvalue weighted by atomic mass is 10.3. The molecule has 2 nitrogen and oxygen atoms in total. The first-order valence-electron chi connectivity index (χ1n) is 2.83. The van der Waals surface area contributed by atoms with E-state index in [0.29, 0.717) is 11.3 Å². The first kappa shape index (κ1) is 9.41. The molecule has 0 bridgehead atoms. The number of carboxylic acid groups (broad SMARTS) is 1. The molecule has 0 spiro atoms. The van der Waals surface area contributed by atoms with Crippen molar-refractivity contribution in [3.05, 3.63) is 20.8 Å². The van der Waals surface area contributed by atoms with E-state index in [9.17, 15) is 13.6 Å². The Bertz CT molecular complexity index is 310. The van der Waals surface area contributed by atoms with Gasteiger partial charge in [0.15, 0.2) is 0 Å². The minimum atomic E-state index is -2.72. The Morgan fingerprint density at radius 1 is 1.67 bits per heavy atom. The highest BCUT2D eigenvalue weighted by atomic mass is 35.5. The molecule has 12 heavy (non-hydrogen) atoms. The highest BCUT2D eigenvalue weighted by Crippen LogP contribution is 2.34. The average molecular weight is 213 g/mol. The van der Waals surface area contributed by atoms with E-state index in [1.165, 1.54) is 0 Å². The molecule has 0 aliphatic rings. The normalized spacial score (nSPS) is 10.7. The van der Waals surface area contributed by atoms with Crippen molar-refractivity contribution in [2.75, 3.05) is 0 Å². The highest BCUT2D eigenvalue weighted by molar-refractivity contribution is 7.18. The molecule has 6 heteroatoms. The van der Waals surface area contributed by atoms with Gasteiger partial charge >= 0.3 is 5.97 Å². The van der Waals surface area contributed by atoms with Crippen molar-refractivity contribution in [3.63, 3.8) is 0 Å². The van der Waals surface area contributed by atoms with E-state index in [2.05, 4.69) is 0 Å². The zero-order valence-corrected chi connectivity index (χ0v) is 7.12. The van der Waals surface area contributed by atoms with Crippen molar-refractivity contribution in [3.8, 4) is 0 Å². The Hall–Kier alpha value is -0.680. The molecular weight excluding hydrogens is 210 g/mol. The topological polar surface area (TPSA) is 37.3 Å². The van der Waals surface area contributed by atoms with Gasteiger partial charge < -0.3 is 5.11 Å². The molecule has 0 aliphatic carbocycles. The van der Waals surface area contributed by atoms with Crippen LogP contribution in [0.15, 0.2) is 6.07 Å². The van der Waals surface area contributed by atoms with Crippen LogP contribution in [-0.4, -0.2) is 11.1 Å². The molecule has 1 aromatic rings. The summed E-state index contributed by atoms with van der Waals surface area (Å²) in [7, 11) is 0. The molecule has 1 aromatic heterocycles. The molecule has 0 fully saturated rings. The van der Waals surface area contributed by atoms with Gasteiger partial charge in [0.05, 0.1) is 0 Å². The third kappa shape index (κ3) is 1.73. The zero-order valence-electron chi connectivity index (χ0n) is 5.55. The van der Waals surface area contributed by atoms with Crippen LogP contribution in [0.1, 0.15) is 21.7 Å². The molecule has 1 heterocycles. The molecular formula is C6H3ClF2O2S. The maximum absolute atomic E-state index is 12.0. The van der Waals surface area contributed by atoms with Crippen molar-refractivity contribution in [2.24, 2.45) is 0 Å². The largest absolute Gasteiger partial charge is 0.477 e. The summed E-state index contributed by atoms with van der Waals surface area (Å²) in [5, 5.41) is 8.41. The standard InChI is InChI=1S/C6H3ClF2O2S/c7-4-2(5(8)9)1-3(12-4)6(10)11/h1,5H,(H,10,11). The molecule has 0 unspecified atom stereocenters. The summed E-state index contributed by atoms with van der Waals surface area (Å²) >= 11 is 6.00. The molecule has 0 aromatic carbocycles. The van der Waals surface area contributed by atoms with Gasteiger partial charge in [-0.1, -0.05) is 11.6 Å². The van der Waals surface area contributed by atoms with E-state index >= 15 is 0 Å². The first-order valence-corrected chi connectivity index (χ1v) is 4.02.